The molecule has 4 nitrogen and oxygen atoms in total. The summed E-state index contributed by atoms with van der Waals surface area (Å²) < 4.78 is 0. The van der Waals surface area contributed by atoms with Crippen molar-refractivity contribution in [2.75, 3.05) is 13.2 Å². The molecule has 0 fully saturated rings. The number of aliphatic hydroxyl groups excluding tert-OH is 1. The summed E-state index contributed by atoms with van der Waals surface area (Å²) in [5.74, 6) is 0.0896. The van der Waals surface area contributed by atoms with Crippen molar-refractivity contribution in [1.29, 1.82) is 0 Å². The van der Waals surface area contributed by atoms with Gasteiger partial charge in [0.1, 0.15) is 0 Å². The molecule has 0 aliphatic heterocycles. The summed E-state index contributed by atoms with van der Waals surface area (Å²) >= 11 is 0. The Morgan fingerprint density at radius 3 is 2.35 bits per heavy atom. The van der Waals surface area contributed by atoms with Crippen LogP contribution in [-0.2, 0) is 0 Å². The summed E-state index contributed by atoms with van der Waals surface area (Å²) in [7, 11) is 0. The van der Waals surface area contributed by atoms with E-state index in [0.29, 0.717) is 13.0 Å². The highest BCUT2D eigenvalue weighted by Gasteiger charge is 2.34. The topological polar surface area (TPSA) is 78.5 Å². The highest BCUT2D eigenvalue weighted by molar-refractivity contribution is 5.19. The monoisotopic (exact) mass is 280 g/mol. The van der Waals surface area contributed by atoms with Crippen molar-refractivity contribution in [3.05, 3.63) is 35.9 Å². The van der Waals surface area contributed by atoms with Crippen molar-refractivity contribution in [3.8, 4) is 0 Å². The van der Waals surface area contributed by atoms with Crippen LogP contribution in [0, 0.1) is 5.92 Å². The minimum Gasteiger partial charge on any atom is -0.395 e. The molecular weight excluding hydrogens is 252 g/mol. The predicted octanol–water partition coefficient (Wildman–Crippen LogP) is 1.43. The number of hydrogen-bond acceptors (Lipinski definition) is 4. The van der Waals surface area contributed by atoms with Gasteiger partial charge in [-0.05, 0) is 24.8 Å². The third-order valence-corrected chi connectivity index (χ3v) is 4.11. The van der Waals surface area contributed by atoms with Gasteiger partial charge in [-0.15, -0.1) is 0 Å². The average molecular weight is 280 g/mol. The molecule has 0 aromatic heterocycles. The molecule has 1 aromatic carbocycles. The first-order chi connectivity index (χ1) is 9.39. The maximum absolute atomic E-state index is 10.5. The lowest BCUT2D eigenvalue weighted by molar-refractivity contribution is -0.0159. The highest BCUT2D eigenvalue weighted by Crippen LogP contribution is 2.26. The molecular formula is C16H28N2O2. The van der Waals surface area contributed by atoms with E-state index in [1.165, 1.54) is 0 Å². The van der Waals surface area contributed by atoms with Crippen LogP contribution in [0.25, 0.3) is 0 Å². The number of benzene rings is 1. The molecule has 0 saturated heterocycles. The minimum absolute atomic E-state index is 0.0311. The Balaban J connectivity index is 2.80. The fourth-order valence-corrected chi connectivity index (χ4v) is 2.18. The summed E-state index contributed by atoms with van der Waals surface area (Å²) in [6, 6.07) is 9.70. The van der Waals surface area contributed by atoms with E-state index in [1.807, 2.05) is 44.2 Å². The molecule has 0 aliphatic carbocycles. The van der Waals surface area contributed by atoms with E-state index in [4.69, 9.17) is 10.8 Å². The molecule has 0 aliphatic rings. The van der Waals surface area contributed by atoms with Crippen LogP contribution in [0.2, 0.25) is 0 Å². The van der Waals surface area contributed by atoms with E-state index >= 15 is 0 Å². The first-order valence-corrected chi connectivity index (χ1v) is 7.26. The Hall–Kier alpha value is -0.940. The van der Waals surface area contributed by atoms with Crippen molar-refractivity contribution >= 4 is 0 Å². The van der Waals surface area contributed by atoms with Crippen LogP contribution in [-0.4, -0.2) is 35.0 Å². The largest absolute Gasteiger partial charge is 0.395 e. The zero-order valence-corrected chi connectivity index (χ0v) is 12.7. The first kappa shape index (κ1) is 17.1. The zero-order chi connectivity index (χ0) is 15.2. The van der Waals surface area contributed by atoms with Gasteiger partial charge in [0.15, 0.2) is 0 Å². The van der Waals surface area contributed by atoms with E-state index in [9.17, 15) is 5.11 Å². The van der Waals surface area contributed by atoms with E-state index in [1.54, 1.807) is 6.92 Å². The normalized spacial score (nSPS) is 17.8. The van der Waals surface area contributed by atoms with E-state index in [-0.39, 0.29) is 24.6 Å². The zero-order valence-electron chi connectivity index (χ0n) is 12.7. The second-order valence-corrected chi connectivity index (χ2v) is 5.86. The van der Waals surface area contributed by atoms with Gasteiger partial charge in [-0.1, -0.05) is 44.2 Å². The fraction of sp³-hybridized carbons (Fsp3) is 0.625. The van der Waals surface area contributed by atoms with Gasteiger partial charge in [-0.25, -0.2) is 0 Å². The summed E-state index contributed by atoms with van der Waals surface area (Å²) in [6.45, 7) is 6.32. The third kappa shape index (κ3) is 4.56. The lowest BCUT2D eigenvalue weighted by Gasteiger charge is -2.36. The van der Waals surface area contributed by atoms with Crippen LogP contribution in [0.1, 0.15) is 38.8 Å². The van der Waals surface area contributed by atoms with Crippen molar-refractivity contribution in [1.82, 2.24) is 5.32 Å². The lowest BCUT2D eigenvalue weighted by atomic mass is 9.81. The van der Waals surface area contributed by atoms with Crippen molar-refractivity contribution in [3.63, 3.8) is 0 Å². The summed E-state index contributed by atoms with van der Waals surface area (Å²) in [5, 5.41) is 22.8. The van der Waals surface area contributed by atoms with Gasteiger partial charge >= 0.3 is 0 Å². The van der Waals surface area contributed by atoms with Crippen LogP contribution in [0.5, 0.6) is 0 Å². The molecule has 5 N–H and O–H groups in total. The van der Waals surface area contributed by atoms with Gasteiger partial charge < -0.3 is 21.3 Å². The Labute approximate surface area is 122 Å². The molecule has 0 radical (unpaired) electrons. The summed E-state index contributed by atoms with van der Waals surface area (Å²) in [5.41, 5.74) is 6.42. The van der Waals surface area contributed by atoms with Gasteiger partial charge in [-0.3, -0.25) is 0 Å². The quantitative estimate of drug-likeness (QED) is 0.581. The molecule has 0 bridgehead atoms. The van der Waals surface area contributed by atoms with Crippen LogP contribution in [0.3, 0.4) is 0 Å². The summed E-state index contributed by atoms with van der Waals surface area (Å²) in [4.78, 5) is 0. The van der Waals surface area contributed by atoms with Crippen LogP contribution < -0.4 is 11.1 Å². The van der Waals surface area contributed by atoms with Crippen LogP contribution in [0.4, 0.5) is 0 Å². The van der Waals surface area contributed by atoms with Gasteiger partial charge in [0.05, 0.1) is 12.2 Å². The standard InChI is InChI=1S/C16H28N2O2/c1-12(2)16(3,20)15(17)11-14(18-9-10-19)13-7-5-4-6-8-13/h4-8,12,14-15,18-20H,9-11,17H2,1-3H3. The Morgan fingerprint density at radius 1 is 1.25 bits per heavy atom. The molecule has 0 amide bonds. The van der Waals surface area contributed by atoms with E-state index in [2.05, 4.69) is 5.32 Å². The van der Waals surface area contributed by atoms with Crippen molar-refractivity contribution < 1.29 is 10.2 Å². The summed E-state index contributed by atoms with van der Waals surface area (Å²) in [6.07, 6.45) is 0.620. The highest BCUT2D eigenvalue weighted by atomic mass is 16.3. The first-order valence-electron chi connectivity index (χ1n) is 7.26. The maximum Gasteiger partial charge on any atom is 0.0793 e. The maximum atomic E-state index is 10.5. The van der Waals surface area contributed by atoms with E-state index in [0.717, 1.165) is 5.56 Å². The SMILES string of the molecule is CC(C)C(C)(O)C(N)CC(NCCO)c1ccccc1. The number of nitrogens with two attached hydrogens (primary N) is 1. The van der Waals surface area contributed by atoms with Gasteiger partial charge in [0.25, 0.3) is 0 Å². The van der Waals surface area contributed by atoms with Gasteiger partial charge in [0, 0.05) is 18.6 Å². The molecule has 4 heteroatoms. The van der Waals surface area contributed by atoms with Crippen molar-refractivity contribution in [2.24, 2.45) is 11.7 Å². The van der Waals surface area contributed by atoms with Gasteiger partial charge in [0.2, 0.25) is 0 Å². The molecule has 3 unspecified atom stereocenters. The van der Waals surface area contributed by atoms with Gasteiger partial charge in [-0.2, -0.15) is 0 Å². The fourth-order valence-electron chi connectivity index (χ4n) is 2.18. The van der Waals surface area contributed by atoms with E-state index < -0.39 is 5.60 Å². The van der Waals surface area contributed by atoms with Crippen LogP contribution in [0.15, 0.2) is 30.3 Å². The molecule has 114 valence electrons. The molecule has 20 heavy (non-hydrogen) atoms. The molecule has 1 rings (SSSR count). The third-order valence-electron chi connectivity index (χ3n) is 4.11. The number of aliphatic hydroxyl groups is 2. The molecule has 1 aromatic rings. The molecule has 0 heterocycles. The Morgan fingerprint density at radius 2 is 1.85 bits per heavy atom. The average Bonchev–Trinajstić information content (AvgIpc) is 2.43. The second kappa shape index (κ2) is 7.74. The van der Waals surface area contributed by atoms with Crippen LogP contribution >= 0.6 is 0 Å². The Bertz CT molecular complexity index is 379. The lowest BCUT2D eigenvalue weighted by Crippen LogP contribution is -2.51. The number of nitrogens with one attached hydrogen (secondary N) is 1. The predicted molar refractivity (Wildman–Crippen MR) is 82.3 cm³/mol. The smallest absolute Gasteiger partial charge is 0.0793 e. The van der Waals surface area contributed by atoms with Crippen molar-refractivity contribution in [2.45, 2.75) is 44.9 Å². The second-order valence-electron chi connectivity index (χ2n) is 5.86. The Kier molecular flexibility index (Phi) is 6.62. The minimum atomic E-state index is -0.909. The number of rotatable bonds is 8. The number of hydrogen-bond donors (Lipinski definition) is 4. The molecule has 0 spiro atoms. The molecule has 3 atom stereocenters. The molecule has 0 saturated carbocycles.